The Balaban J connectivity index is 2.08. The molecule has 2 fully saturated rings. The van der Waals surface area contributed by atoms with Crippen molar-refractivity contribution in [3.63, 3.8) is 0 Å². The highest BCUT2D eigenvalue weighted by Gasteiger charge is 2.44. The van der Waals surface area contributed by atoms with Crippen LogP contribution in [0.3, 0.4) is 0 Å². The number of carbonyl (C=O) groups excluding carboxylic acids is 2. The molecule has 2 rings (SSSR count). The SMILES string of the molecule is CN(C)C(=O)N1C2CCC1CC(C(N)C=O)C2. The van der Waals surface area contributed by atoms with Crippen LogP contribution < -0.4 is 5.73 Å². The molecule has 0 aliphatic carbocycles. The van der Waals surface area contributed by atoms with Crippen LogP contribution in [0.1, 0.15) is 25.7 Å². The lowest BCUT2D eigenvalue weighted by molar-refractivity contribution is -0.110. The van der Waals surface area contributed by atoms with Crippen molar-refractivity contribution in [2.45, 2.75) is 43.8 Å². The zero-order valence-electron chi connectivity index (χ0n) is 10.5. The van der Waals surface area contributed by atoms with E-state index in [1.54, 1.807) is 19.0 Å². The molecule has 2 aliphatic heterocycles. The van der Waals surface area contributed by atoms with Crippen LogP contribution in [0.5, 0.6) is 0 Å². The highest BCUT2D eigenvalue weighted by atomic mass is 16.2. The third kappa shape index (κ3) is 2.16. The average molecular weight is 239 g/mol. The summed E-state index contributed by atoms with van der Waals surface area (Å²) in [6, 6.07) is 0.282. The lowest BCUT2D eigenvalue weighted by Crippen LogP contribution is -2.52. The molecule has 2 saturated heterocycles. The van der Waals surface area contributed by atoms with Gasteiger partial charge in [0, 0.05) is 26.2 Å². The number of fused-ring (bicyclic) bond motifs is 2. The van der Waals surface area contributed by atoms with Gasteiger partial charge < -0.3 is 20.3 Å². The summed E-state index contributed by atoms with van der Waals surface area (Å²) >= 11 is 0. The second-order valence-electron chi connectivity index (χ2n) is 5.41. The van der Waals surface area contributed by atoms with Crippen molar-refractivity contribution in [3.05, 3.63) is 0 Å². The molecule has 0 aromatic carbocycles. The fourth-order valence-corrected chi connectivity index (χ4v) is 3.19. The van der Waals surface area contributed by atoms with E-state index < -0.39 is 0 Å². The minimum atomic E-state index is -0.366. The standard InChI is InChI=1S/C12H21N3O2/c1-14(2)12(17)15-9-3-4-10(15)6-8(5-9)11(13)7-16/h7-11H,3-6,13H2,1-2H3. The van der Waals surface area contributed by atoms with Crippen molar-refractivity contribution >= 4 is 12.3 Å². The van der Waals surface area contributed by atoms with Crippen LogP contribution >= 0.6 is 0 Å². The third-order valence-corrected chi connectivity index (χ3v) is 4.07. The van der Waals surface area contributed by atoms with Gasteiger partial charge >= 0.3 is 6.03 Å². The fourth-order valence-electron chi connectivity index (χ4n) is 3.19. The van der Waals surface area contributed by atoms with Crippen LogP contribution in [0, 0.1) is 5.92 Å². The van der Waals surface area contributed by atoms with Gasteiger partial charge in [-0.2, -0.15) is 0 Å². The van der Waals surface area contributed by atoms with Crippen LogP contribution in [-0.2, 0) is 4.79 Å². The summed E-state index contributed by atoms with van der Waals surface area (Å²) in [5.41, 5.74) is 5.80. The van der Waals surface area contributed by atoms with E-state index >= 15 is 0 Å². The van der Waals surface area contributed by atoms with Crippen LogP contribution in [0.15, 0.2) is 0 Å². The summed E-state index contributed by atoms with van der Waals surface area (Å²) in [5, 5.41) is 0. The molecule has 0 aromatic rings. The molecule has 0 spiro atoms. The topological polar surface area (TPSA) is 66.6 Å². The van der Waals surface area contributed by atoms with E-state index in [-0.39, 0.29) is 30.1 Å². The number of aldehydes is 1. The van der Waals surface area contributed by atoms with Gasteiger partial charge in [-0.25, -0.2) is 4.79 Å². The van der Waals surface area contributed by atoms with E-state index in [1.807, 2.05) is 4.90 Å². The van der Waals surface area contributed by atoms with Gasteiger partial charge in [0.2, 0.25) is 0 Å². The summed E-state index contributed by atoms with van der Waals surface area (Å²) in [5.74, 6) is 0.246. The minimum absolute atomic E-state index is 0.0932. The van der Waals surface area contributed by atoms with Crippen LogP contribution in [0.2, 0.25) is 0 Å². The number of nitrogens with two attached hydrogens (primary N) is 1. The first-order chi connectivity index (χ1) is 8.04. The highest BCUT2D eigenvalue weighted by molar-refractivity contribution is 5.75. The van der Waals surface area contributed by atoms with Crippen molar-refractivity contribution in [2.75, 3.05) is 14.1 Å². The molecular weight excluding hydrogens is 218 g/mol. The first kappa shape index (κ1) is 12.4. The Morgan fingerprint density at radius 3 is 2.29 bits per heavy atom. The highest BCUT2D eigenvalue weighted by Crippen LogP contribution is 2.39. The first-order valence-electron chi connectivity index (χ1n) is 6.25. The van der Waals surface area contributed by atoms with Crippen LogP contribution in [0.25, 0.3) is 0 Å². The molecule has 0 aromatic heterocycles. The minimum Gasteiger partial charge on any atom is -0.331 e. The van der Waals surface area contributed by atoms with E-state index in [2.05, 4.69) is 0 Å². The zero-order chi connectivity index (χ0) is 12.6. The first-order valence-corrected chi connectivity index (χ1v) is 6.25. The Bertz CT molecular complexity index is 305. The zero-order valence-corrected chi connectivity index (χ0v) is 10.5. The molecule has 3 unspecified atom stereocenters. The van der Waals surface area contributed by atoms with Crippen molar-refractivity contribution in [1.82, 2.24) is 9.80 Å². The molecule has 0 saturated carbocycles. The van der Waals surface area contributed by atoms with Gasteiger partial charge in [0.25, 0.3) is 0 Å². The second kappa shape index (κ2) is 4.64. The fraction of sp³-hybridized carbons (Fsp3) is 0.833. The maximum Gasteiger partial charge on any atom is 0.319 e. The Morgan fingerprint density at radius 1 is 1.35 bits per heavy atom. The number of urea groups is 1. The number of rotatable bonds is 2. The van der Waals surface area contributed by atoms with Crippen molar-refractivity contribution in [1.29, 1.82) is 0 Å². The van der Waals surface area contributed by atoms with Crippen molar-refractivity contribution in [3.8, 4) is 0 Å². The summed E-state index contributed by atoms with van der Waals surface area (Å²) in [6.45, 7) is 0. The van der Waals surface area contributed by atoms with Crippen molar-refractivity contribution in [2.24, 2.45) is 11.7 Å². The maximum atomic E-state index is 12.1. The quantitative estimate of drug-likeness (QED) is 0.711. The molecule has 17 heavy (non-hydrogen) atoms. The van der Waals surface area contributed by atoms with Crippen LogP contribution in [-0.4, -0.2) is 54.3 Å². The summed E-state index contributed by atoms with van der Waals surface area (Å²) < 4.78 is 0. The van der Waals surface area contributed by atoms with Crippen molar-refractivity contribution < 1.29 is 9.59 Å². The van der Waals surface area contributed by atoms with Gasteiger partial charge in [-0.05, 0) is 31.6 Å². The number of hydrogen-bond acceptors (Lipinski definition) is 3. The summed E-state index contributed by atoms with van der Waals surface area (Å²) in [4.78, 5) is 26.4. The number of carbonyl (C=O) groups is 2. The predicted molar refractivity (Wildman–Crippen MR) is 64.5 cm³/mol. The third-order valence-electron chi connectivity index (χ3n) is 4.07. The normalized spacial score (nSPS) is 33.4. The lowest BCUT2D eigenvalue weighted by Gasteiger charge is -2.41. The monoisotopic (exact) mass is 239 g/mol. The largest absolute Gasteiger partial charge is 0.331 e. The molecule has 96 valence electrons. The molecule has 5 heteroatoms. The maximum absolute atomic E-state index is 12.1. The molecule has 2 heterocycles. The predicted octanol–water partition coefficient (Wildman–Crippen LogP) is 0.437. The second-order valence-corrected chi connectivity index (χ2v) is 5.41. The van der Waals surface area contributed by atoms with Gasteiger partial charge in [0.1, 0.15) is 6.29 Å². The van der Waals surface area contributed by atoms with E-state index in [4.69, 9.17) is 5.73 Å². The lowest BCUT2D eigenvalue weighted by atomic mass is 9.86. The number of amides is 2. The molecule has 2 N–H and O–H groups in total. The van der Waals surface area contributed by atoms with Crippen LogP contribution in [0.4, 0.5) is 4.79 Å². The van der Waals surface area contributed by atoms with E-state index in [1.165, 1.54) is 0 Å². The van der Waals surface area contributed by atoms with Gasteiger partial charge in [-0.3, -0.25) is 0 Å². The number of nitrogens with zero attached hydrogens (tertiary/aromatic N) is 2. The van der Waals surface area contributed by atoms with Gasteiger partial charge in [-0.1, -0.05) is 0 Å². The van der Waals surface area contributed by atoms with Gasteiger partial charge in [0.05, 0.1) is 6.04 Å². The molecule has 0 radical (unpaired) electrons. The number of hydrogen-bond donors (Lipinski definition) is 1. The smallest absolute Gasteiger partial charge is 0.319 e. The molecule has 3 atom stereocenters. The Kier molecular flexibility index (Phi) is 3.38. The van der Waals surface area contributed by atoms with E-state index in [0.717, 1.165) is 32.0 Å². The summed E-state index contributed by atoms with van der Waals surface area (Å²) in [7, 11) is 3.57. The molecular formula is C12H21N3O2. The Morgan fingerprint density at radius 2 is 1.88 bits per heavy atom. The molecule has 2 aliphatic rings. The number of piperidine rings is 1. The molecule has 2 amide bonds. The molecule has 2 bridgehead atoms. The van der Waals surface area contributed by atoms with E-state index in [9.17, 15) is 9.59 Å². The van der Waals surface area contributed by atoms with E-state index in [0.29, 0.717) is 0 Å². The Hall–Kier alpha value is -1.10. The Labute approximate surface area is 102 Å². The van der Waals surface area contributed by atoms with Gasteiger partial charge in [-0.15, -0.1) is 0 Å². The average Bonchev–Trinajstić information content (AvgIpc) is 2.57. The molecule has 5 nitrogen and oxygen atoms in total. The summed E-state index contributed by atoms with van der Waals surface area (Å²) in [6.07, 6.45) is 4.68. The van der Waals surface area contributed by atoms with Gasteiger partial charge in [0.15, 0.2) is 0 Å².